The lowest BCUT2D eigenvalue weighted by Crippen LogP contribution is -2.22. The third kappa shape index (κ3) is 3.63. The predicted molar refractivity (Wildman–Crippen MR) is 78.7 cm³/mol. The topological polar surface area (TPSA) is 17.1 Å². The average molecular weight is 411 g/mol. The van der Waals surface area contributed by atoms with Gasteiger partial charge >= 0.3 is 12.4 Å². The number of rotatable bonds is 3. The van der Waals surface area contributed by atoms with Crippen molar-refractivity contribution >= 4 is 22.2 Å². The number of aldehydes is 1. The fourth-order valence-corrected chi connectivity index (χ4v) is 2.63. The van der Waals surface area contributed by atoms with Crippen LogP contribution < -0.4 is 0 Å². The zero-order valence-corrected chi connectivity index (χ0v) is 13.3. The highest BCUT2D eigenvalue weighted by molar-refractivity contribution is 9.10. The normalized spacial score (nSPS) is 13.0. The SMILES string of the molecule is O=CC(Br)(c1ccc(C(F)(F)F)cc1)c1ccc(C(F)(F)F)cc1. The van der Waals surface area contributed by atoms with E-state index < -0.39 is 27.8 Å². The Morgan fingerprint density at radius 2 is 0.875 bits per heavy atom. The van der Waals surface area contributed by atoms with Crippen molar-refractivity contribution < 1.29 is 31.1 Å². The van der Waals surface area contributed by atoms with Crippen molar-refractivity contribution in [1.29, 1.82) is 0 Å². The molecule has 0 aliphatic heterocycles. The van der Waals surface area contributed by atoms with Gasteiger partial charge in [-0.15, -0.1) is 0 Å². The number of alkyl halides is 7. The second-order valence-electron chi connectivity index (χ2n) is 4.98. The third-order valence-corrected chi connectivity index (χ3v) is 4.53. The van der Waals surface area contributed by atoms with Gasteiger partial charge in [0.1, 0.15) is 10.6 Å². The summed E-state index contributed by atoms with van der Waals surface area (Å²) in [4.78, 5) is 11.5. The first kappa shape index (κ1) is 18.5. The molecule has 0 bridgehead atoms. The fourth-order valence-electron chi connectivity index (χ4n) is 2.11. The zero-order chi connectivity index (χ0) is 18.2. The van der Waals surface area contributed by atoms with E-state index in [-0.39, 0.29) is 11.1 Å². The molecule has 0 amide bonds. The van der Waals surface area contributed by atoms with E-state index in [1.54, 1.807) is 0 Å². The minimum Gasteiger partial charge on any atom is -0.301 e. The van der Waals surface area contributed by atoms with Gasteiger partial charge in [0.05, 0.1) is 11.1 Å². The van der Waals surface area contributed by atoms with Crippen LogP contribution in [0.3, 0.4) is 0 Å². The van der Waals surface area contributed by atoms with Gasteiger partial charge in [0.15, 0.2) is 0 Å². The van der Waals surface area contributed by atoms with Gasteiger partial charge in [-0.05, 0) is 35.4 Å². The van der Waals surface area contributed by atoms with Crippen molar-refractivity contribution in [2.75, 3.05) is 0 Å². The first-order valence-corrected chi connectivity index (χ1v) is 7.28. The number of halogens is 7. The van der Waals surface area contributed by atoms with Crippen molar-refractivity contribution in [2.24, 2.45) is 0 Å². The molecule has 0 aliphatic carbocycles. The Bertz CT molecular complexity index is 659. The Morgan fingerprint density at radius 1 is 0.625 bits per heavy atom. The minimum absolute atomic E-state index is 0.172. The van der Waals surface area contributed by atoms with Crippen LogP contribution in [0.25, 0.3) is 0 Å². The van der Waals surface area contributed by atoms with Gasteiger partial charge in [-0.25, -0.2) is 0 Å². The zero-order valence-electron chi connectivity index (χ0n) is 11.8. The van der Waals surface area contributed by atoms with Crippen LogP contribution in [0.15, 0.2) is 48.5 Å². The molecule has 0 atom stereocenters. The molecule has 0 aromatic heterocycles. The molecule has 0 N–H and O–H groups in total. The van der Waals surface area contributed by atoms with Crippen LogP contribution in [0.2, 0.25) is 0 Å². The van der Waals surface area contributed by atoms with E-state index >= 15 is 0 Å². The van der Waals surface area contributed by atoms with E-state index in [2.05, 4.69) is 15.9 Å². The predicted octanol–water partition coefficient (Wildman–Crippen LogP) is 5.56. The molecule has 8 heteroatoms. The molecule has 0 heterocycles. The van der Waals surface area contributed by atoms with Crippen LogP contribution in [0, 0.1) is 0 Å². The second-order valence-corrected chi connectivity index (χ2v) is 6.23. The van der Waals surface area contributed by atoms with Crippen molar-refractivity contribution in [1.82, 2.24) is 0 Å². The van der Waals surface area contributed by atoms with E-state index in [1.807, 2.05) is 0 Å². The molecular weight excluding hydrogens is 402 g/mol. The summed E-state index contributed by atoms with van der Waals surface area (Å²) in [7, 11) is 0. The summed E-state index contributed by atoms with van der Waals surface area (Å²) < 4.78 is 74.0. The summed E-state index contributed by atoms with van der Waals surface area (Å²) in [5.74, 6) is 0. The Hall–Kier alpha value is -1.83. The van der Waals surface area contributed by atoms with Gasteiger partial charge in [-0.3, -0.25) is 0 Å². The third-order valence-electron chi connectivity index (χ3n) is 3.43. The first-order valence-electron chi connectivity index (χ1n) is 6.49. The van der Waals surface area contributed by atoms with E-state index in [0.29, 0.717) is 6.29 Å². The fraction of sp³-hybridized carbons (Fsp3) is 0.188. The molecule has 0 saturated heterocycles. The number of carbonyl (C=O) groups is 1. The van der Waals surface area contributed by atoms with Crippen molar-refractivity contribution in [2.45, 2.75) is 16.7 Å². The molecule has 2 aromatic carbocycles. The highest BCUT2D eigenvalue weighted by Gasteiger charge is 2.35. The lowest BCUT2D eigenvalue weighted by Gasteiger charge is -2.23. The van der Waals surface area contributed by atoms with Crippen LogP contribution in [-0.4, -0.2) is 6.29 Å². The molecule has 0 aliphatic rings. The van der Waals surface area contributed by atoms with Gasteiger partial charge in [-0.2, -0.15) is 26.3 Å². The lowest BCUT2D eigenvalue weighted by molar-refractivity contribution is -0.138. The van der Waals surface area contributed by atoms with Crippen LogP contribution in [0.1, 0.15) is 22.3 Å². The van der Waals surface area contributed by atoms with Crippen LogP contribution >= 0.6 is 15.9 Å². The lowest BCUT2D eigenvalue weighted by atomic mass is 9.91. The molecule has 0 radical (unpaired) electrons. The van der Waals surface area contributed by atoms with Crippen molar-refractivity contribution in [3.8, 4) is 0 Å². The Labute approximate surface area is 141 Å². The molecule has 2 rings (SSSR count). The number of carbonyl (C=O) groups excluding carboxylic acids is 1. The standard InChI is InChI=1S/C16H9BrF6O/c17-14(9-24,10-1-5-12(6-2-10)15(18,19)20)11-3-7-13(8-4-11)16(21,22)23/h1-9H. The number of benzene rings is 2. The smallest absolute Gasteiger partial charge is 0.301 e. The summed E-state index contributed by atoms with van der Waals surface area (Å²) in [6.07, 6.45) is -8.63. The number of hydrogen-bond donors (Lipinski definition) is 0. The summed E-state index contributed by atoms with van der Waals surface area (Å²) in [6.45, 7) is 0. The Balaban J connectivity index is 2.43. The molecule has 128 valence electrons. The molecule has 1 nitrogen and oxygen atoms in total. The van der Waals surface area contributed by atoms with Gasteiger partial charge in [0, 0.05) is 0 Å². The van der Waals surface area contributed by atoms with E-state index in [1.165, 1.54) is 0 Å². The molecule has 0 fully saturated rings. The average Bonchev–Trinajstić information content (AvgIpc) is 2.53. The first-order chi connectivity index (χ1) is 11.0. The molecule has 0 unspecified atom stereocenters. The highest BCUT2D eigenvalue weighted by Crippen LogP contribution is 2.39. The maximum absolute atomic E-state index is 12.6. The van der Waals surface area contributed by atoms with Crippen LogP contribution in [-0.2, 0) is 21.5 Å². The summed E-state index contributed by atoms with van der Waals surface area (Å²) >= 11 is 3.12. The molecule has 0 saturated carbocycles. The Kier molecular flexibility index (Phi) is 4.81. The van der Waals surface area contributed by atoms with Gasteiger partial charge in [-0.1, -0.05) is 40.2 Å². The monoisotopic (exact) mass is 410 g/mol. The van der Waals surface area contributed by atoms with Crippen LogP contribution in [0.5, 0.6) is 0 Å². The molecule has 0 spiro atoms. The van der Waals surface area contributed by atoms with Gasteiger partial charge < -0.3 is 4.79 Å². The second kappa shape index (κ2) is 6.23. The molecular formula is C16H9BrF6O. The largest absolute Gasteiger partial charge is 0.416 e. The van der Waals surface area contributed by atoms with Gasteiger partial charge in [0.25, 0.3) is 0 Å². The Morgan fingerprint density at radius 3 is 1.08 bits per heavy atom. The van der Waals surface area contributed by atoms with E-state index in [0.717, 1.165) is 48.5 Å². The van der Waals surface area contributed by atoms with Gasteiger partial charge in [0.2, 0.25) is 0 Å². The molecule has 2 aromatic rings. The maximum atomic E-state index is 12.6. The highest BCUT2D eigenvalue weighted by atomic mass is 79.9. The quantitative estimate of drug-likeness (QED) is 0.367. The van der Waals surface area contributed by atoms with Crippen LogP contribution in [0.4, 0.5) is 26.3 Å². The summed E-state index contributed by atoms with van der Waals surface area (Å²) in [6, 6.07) is 7.62. The summed E-state index contributed by atoms with van der Waals surface area (Å²) in [5.41, 5.74) is -1.44. The minimum atomic E-state index is -4.52. The van der Waals surface area contributed by atoms with Crippen molar-refractivity contribution in [3.63, 3.8) is 0 Å². The number of hydrogen-bond acceptors (Lipinski definition) is 1. The van der Waals surface area contributed by atoms with E-state index in [4.69, 9.17) is 0 Å². The van der Waals surface area contributed by atoms with Crippen molar-refractivity contribution in [3.05, 3.63) is 70.8 Å². The summed E-state index contributed by atoms with van der Waals surface area (Å²) in [5, 5.41) is 0. The maximum Gasteiger partial charge on any atom is 0.416 e. The molecule has 24 heavy (non-hydrogen) atoms. The van der Waals surface area contributed by atoms with E-state index in [9.17, 15) is 31.1 Å².